The zero-order valence-corrected chi connectivity index (χ0v) is 21.7. The number of thiophene rings is 2. The first-order valence-corrected chi connectivity index (χ1v) is 14.5. The van der Waals surface area contributed by atoms with Gasteiger partial charge in [-0.15, -0.1) is 34.4 Å². The van der Waals surface area contributed by atoms with E-state index in [0.717, 1.165) is 35.0 Å². The molecule has 0 spiro atoms. The van der Waals surface area contributed by atoms with Gasteiger partial charge in [-0.2, -0.15) is 26.3 Å². The van der Waals surface area contributed by atoms with Gasteiger partial charge in [0, 0.05) is 38.6 Å². The summed E-state index contributed by atoms with van der Waals surface area (Å²) in [4.78, 5) is 31.6. The van der Waals surface area contributed by atoms with Gasteiger partial charge in [-0.1, -0.05) is 0 Å². The molecule has 16 heteroatoms. The van der Waals surface area contributed by atoms with Crippen LogP contribution in [0.25, 0.3) is 0 Å². The Balaban J connectivity index is 0.000000202. The molecule has 2 aromatic rings. The first-order chi connectivity index (χ1) is 16.4. The Morgan fingerprint density at radius 2 is 1.31 bits per heavy atom. The van der Waals surface area contributed by atoms with E-state index in [4.69, 9.17) is 0 Å². The first-order valence-electron chi connectivity index (χ1n) is 9.79. The second-order valence-electron chi connectivity index (χ2n) is 7.63. The fraction of sp³-hybridized carbons (Fsp3) is 0.400. The molecule has 0 bridgehead atoms. The van der Waals surface area contributed by atoms with Crippen molar-refractivity contribution < 1.29 is 44.3 Å². The number of nitrogens with zero attached hydrogens (tertiary/aromatic N) is 2. The molecular formula is C20H16F6N2O4S4. The number of amides is 2. The number of aliphatic imine (C=N–C) groups is 2. The van der Waals surface area contributed by atoms with Gasteiger partial charge >= 0.3 is 12.4 Å². The van der Waals surface area contributed by atoms with E-state index in [1.54, 1.807) is 6.26 Å². The molecule has 36 heavy (non-hydrogen) atoms. The quantitative estimate of drug-likeness (QED) is 0.443. The SMILES string of the molecule is CS(=O)(=O)C1=NC(=O)c2cc(CC(F)(F)F)sc2C1.CSC1=NC(=O)c2cc(CC(F)(F)F)sc2C1. The maximum Gasteiger partial charge on any atom is 0.393 e. The number of hydrogen-bond donors (Lipinski definition) is 0. The van der Waals surface area contributed by atoms with Gasteiger partial charge in [-0.25, -0.2) is 18.4 Å². The summed E-state index contributed by atoms with van der Waals surface area (Å²) in [6.07, 6.45) is -7.67. The molecule has 2 aliphatic heterocycles. The molecule has 4 rings (SSSR count). The Kier molecular flexibility index (Phi) is 8.22. The topological polar surface area (TPSA) is 93.0 Å². The Labute approximate surface area is 213 Å². The summed E-state index contributed by atoms with van der Waals surface area (Å²) >= 11 is 3.20. The Hall–Kier alpha value is -2.04. The molecule has 0 N–H and O–H groups in total. The highest BCUT2D eigenvalue weighted by molar-refractivity contribution is 8.13. The number of alkyl halides is 6. The fourth-order valence-electron chi connectivity index (χ4n) is 3.19. The molecule has 6 nitrogen and oxygen atoms in total. The van der Waals surface area contributed by atoms with Crippen molar-refractivity contribution in [1.82, 2.24) is 0 Å². The third-order valence-corrected chi connectivity index (χ3v) is 8.74. The van der Waals surface area contributed by atoms with E-state index in [9.17, 15) is 44.3 Å². The van der Waals surface area contributed by atoms with Crippen molar-refractivity contribution in [2.45, 2.75) is 38.0 Å². The van der Waals surface area contributed by atoms with Crippen LogP contribution in [-0.4, -0.2) is 55.2 Å². The number of rotatable bonds is 2. The van der Waals surface area contributed by atoms with Crippen molar-refractivity contribution in [1.29, 1.82) is 0 Å². The highest BCUT2D eigenvalue weighted by Crippen LogP contribution is 2.33. The minimum absolute atomic E-state index is 0.0178. The van der Waals surface area contributed by atoms with Crippen LogP contribution in [0.4, 0.5) is 26.3 Å². The summed E-state index contributed by atoms with van der Waals surface area (Å²) in [6, 6.07) is 2.45. The van der Waals surface area contributed by atoms with Crippen molar-refractivity contribution in [3.05, 3.63) is 42.8 Å². The van der Waals surface area contributed by atoms with Crippen LogP contribution in [0.5, 0.6) is 0 Å². The molecular weight excluding hydrogens is 574 g/mol. The maximum absolute atomic E-state index is 12.3. The predicted octanol–water partition coefficient (Wildman–Crippen LogP) is 5.30. The van der Waals surface area contributed by atoms with Crippen molar-refractivity contribution >= 4 is 66.2 Å². The lowest BCUT2D eigenvalue weighted by Gasteiger charge is -2.08. The molecule has 2 amide bonds. The molecule has 0 fully saturated rings. The Morgan fingerprint density at radius 1 is 0.861 bits per heavy atom. The minimum atomic E-state index is -4.36. The molecule has 0 saturated heterocycles. The molecule has 2 aliphatic rings. The van der Waals surface area contributed by atoms with E-state index in [2.05, 4.69) is 9.98 Å². The number of hydrogen-bond acceptors (Lipinski definition) is 7. The molecule has 2 aromatic heterocycles. The van der Waals surface area contributed by atoms with Gasteiger partial charge in [0.05, 0.1) is 29.0 Å². The highest BCUT2D eigenvalue weighted by Gasteiger charge is 2.33. The van der Waals surface area contributed by atoms with Crippen LogP contribution in [0.3, 0.4) is 0 Å². The van der Waals surface area contributed by atoms with Gasteiger partial charge in [0.25, 0.3) is 11.8 Å². The van der Waals surface area contributed by atoms with E-state index in [1.165, 1.54) is 17.8 Å². The normalized spacial score (nSPS) is 16.0. The Bertz CT molecular complexity index is 1370. The van der Waals surface area contributed by atoms with Crippen LogP contribution < -0.4 is 0 Å². The number of thioether (sulfide) groups is 1. The van der Waals surface area contributed by atoms with Crippen LogP contribution in [0, 0.1) is 0 Å². The van der Waals surface area contributed by atoms with Gasteiger partial charge in [-0.3, -0.25) is 9.59 Å². The van der Waals surface area contributed by atoms with Crippen LogP contribution in [0.15, 0.2) is 22.1 Å². The molecule has 0 unspecified atom stereocenters. The van der Waals surface area contributed by atoms with E-state index in [-0.39, 0.29) is 26.8 Å². The largest absolute Gasteiger partial charge is 0.393 e. The number of carbonyl (C=O) groups is 2. The van der Waals surface area contributed by atoms with Gasteiger partial charge in [-0.05, 0) is 18.4 Å². The molecule has 196 valence electrons. The van der Waals surface area contributed by atoms with E-state index >= 15 is 0 Å². The zero-order valence-electron chi connectivity index (χ0n) is 18.4. The molecule has 4 heterocycles. The molecule has 0 aromatic carbocycles. The molecule has 0 radical (unpaired) electrons. The van der Waals surface area contributed by atoms with Crippen LogP contribution in [-0.2, 0) is 35.5 Å². The summed E-state index contributed by atoms with van der Waals surface area (Å²) in [7, 11) is -3.61. The monoisotopic (exact) mass is 590 g/mol. The maximum atomic E-state index is 12.3. The fourth-order valence-corrected chi connectivity index (χ4v) is 6.88. The van der Waals surface area contributed by atoms with E-state index < -0.39 is 46.8 Å². The van der Waals surface area contributed by atoms with Crippen LogP contribution in [0.2, 0.25) is 0 Å². The average molecular weight is 591 g/mol. The standard InChI is InChI=1S/C10H8F3NO3S2.C10H8F3NOS2/c1-19(16,17)8-3-7-6(9(15)14-8)2-5(18-7)4-10(11,12)13;1-16-8-3-7-6(9(15)14-8)2-5(17-7)4-10(11,12)13/h2H,3-4H2,1H3;2H,3-4H2,1H3. The van der Waals surface area contributed by atoms with Gasteiger partial charge < -0.3 is 0 Å². The van der Waals surface area contributed by atoms with Crippen molar-refractivity contribution in [3.63, 3.8) is 0 Å². The number of carbonyl (C=O) groups excluding carboxylic acids is 2. The van der Waals surface area contributed by atoms with E-state index in [1.807, 2.05) is 0 Å². The van der Waals surface area contributed by atoms with Crippen LogP contribution >= 0.6 is 34.4 Å². The van der Waals surface area contributed by atoms with Gasteiger partial charge in [0.1, 0.15) is 5.04 Å². The lowest BCUT2D eigenvalue weighted by molar-refractivity contribution is -0.127. The zero-order chi connectivity index (χ0) is 27.1. The minimum Gasteiger partial charge on any atom is -0.267 e. The highest BCUT2D eigenvalue weighted by atomic mass is 32.2. The lowest BCUT2D eigenvalue weighted by atomic mass is 10.1. The van der Waals surface area contributed by atoms with E-state index in [0.29, 0.717) is 26.8 Å². The summed E-state index contributed by atoms with van der Waals surface area (Å²) < 4.78 is 96.1. The van der Waals surface area contributed by atoms with Crippen molar-refractivity contribution in [2.75, 3.05) is 12.5 Å². The average Bonchev–Trinajstić information content (AvgIpc) is 3.28. The lowest BCUT2D eigenvalue weighted by Crippen LogP contribution is -2.21. The number of halogens is 6. The summed E-state index contributed by atoms with van der Waals surface area (Å²) in [6.45, 7) is 0. The second-order valence-corrected chi connectivity index (χ2v) is 13.0. The molecule has 0 aliphatic carbocycles. The van der Waals surface area contributed by atoms with Gasteiger partial charge in [0.15, 0.2) is 9.84 Å². The van der Waals surface area contributed by atoms with Crippen molar-refractivity contribution in [2.24, 2.45) is 9.98 Å². The second kappa shape index (κ2) is 10.4. The number of fused-ring (bicyclic) bond motifs is 2. The molecule has 0 saturated carbocycles. The summed E-state index contributed by atoms with van der Waals surface area (Å²) in [5.74, 6) is -1.23. The number of sulfone groups is 1. The third kappa shape index (κ3) is 7.49. The van der Waals surface area contributed by atoms with Crippen molar-refractivity contribution in [3.8, 4) is 0 Å². The predicted molar refractivity (Wildman–Crippen MR) is 127 cm³/mol. The molecule has 0 atom stereocenters. The van der Waals surface area contributed by atoms with Gasteiger partial charge in [0.2, 0.25) is 0 Å². The first kappa shape index (κ1) is 28.5. The van der Waals surface area contributed by atoms with Crippen LogP contribution in [0.1, 0.15) is 40.2 Å². The smallest absolute Gasteiger partial charge is 0.267 e. The third-order valence-electron chi connectivity index (χ3n) is 4.67. The summed E-state index contributed by atoms with van der Waals surface area (Å²) in [5, 5.41) is 0.355. The Morgan fingerprint density at radius 3 is 1.72 bits per heavy atom. The summed E-state index contributed by atoms with van der Waals surface area (Å²) in [5.41, 5.74) is 0.392.